The number of anilines is 1. The molecule has 0 fully saturated rings. The number of aryl methyl sites for hydroxylation is 1. The molecule has 2 rings (SSSR count). The Morgan fingerprint density at radius 1 is 1.60 bits per heavy atom. The quantitative estimate of drug-likeness (QED) is 0.891. The van der Waals surface area contributed by atoms with Gasteiger partial charge in [-0.1, -0.05) is 6.92 Å². The molecule has 0 aliphatic rings. The van der Waals surface area contributed by atoms with Crippen molar-refractivity contribution < 1.29 is 4.79 Å². The van der Waals surface area contributed by atoms with Crippen molar-refractivity contribution in [3.8, 4) is 0 Å². The Labute approximate surface area is 127 Å². The summed E-state index contributed by atoms with van der Waals surface area (Å²) in [4.78, 5) is 17.9. The predicted octanol–water partition coefficient (Wildman–Crippen LogP) is 2.92. The zero-order valence-electron chi connectivity index (χ0n) is 11.9. The number of rotatable bonds is 5. The molecule has 1 unspecified atom stereocenters. The van der Waals surface area contributed by atoms with Gasteiger partial charge in [0.1, 0.15) is 9.71 Å². The number of fused-ring (bicyclic) bond motifs is 1. The van der Waals surface area contributed by atoms with E-state index in [1.165, 1.54) is 11.3 Å². The topological polar surface area (TPSA) is 68.0 Å². The normalized spacial score (nSPS) is 12.6. The summed E-state index contributed by atoms with van der Waals surface area (Å²) in [5.41, 5.74) is 7.71. The van der Waals surface area contributed by atoms with Crippen LogP contribution in [0.25, 0.3) is 10.2 Å². The Bertz CT molecular complexity index is 624. The van der Waals surface area contributed by atoms with E-state index in [-0.39, 0.29) is 5.91 Å². The summed E-state index contributed by atoms with van der Waals surface area (Å²) >= 11 is 3.14. The van der Waals surface area contributed by atoms with Gasteiger partial charge in [-0.2, -0.15) is 11.8 Å². The van der Waals surface area contributed by atoms with Crippen LogP contribution in [0, 0.1) is 12.8 Å². The van der Waals surface area contributed by atoms with Crippen molar-refractivity contribution in [3.63, 3.8) is 0 Å². The van der Waals surface area contributed by atoms with Crippen molar-refractivity contribution in [2.45, 2.75) is 13.8 Å². The predicted molar refractivity (Wildman–Crippen MR) is 88.6 cm³/mol. The Balaban J connectivity index is 2.19. The van der Waals surface area contributed by atoms with Crippen LogP contribution in [0.5, 0.6) is 0 Å². The Morgan fingerprint density at radius 2 is 2.35 bits per heavy atom. The lowest BCUT2D eigenvalue weighted by atomic mass is 10.1. The standard InChI is InChI=1S/C14H19N3OS2/c1-8(7-19-3)6-17-13(18)12-11(15)10-9(2)4-5-16-14(10)20-12/h4-5,8H,6-7,15H2,1-3H3,(H,17,18). The molecule has 2 heterocycles. The highest BCUT2D eigenvalue weighted by atomic mass is 32.2. The first-order valence-electron chi connectivity index (χ1n) is 6.45. The number of nitrogens with two attached hydrogens (primary N) is 1. The molecule has 1 atom stereocenters. The number of thiophene rings is 1. The second-order valence-corrected chi connectivity index (χ2v) is 6.83. The summed E-state index contributed by atoms with van der Waals surface area (Å²) < 4.78 is 0. The number of nitrogen functional groups attached to an aromatic ring is 1. The van der Waals surface area contributed by atoms with Gasteiger partial charge in [0, 0.05) is 18.1 Å². The lowest BCUT2D eigenvalue weighted by Crippen LogP contribution is -2.28. The second-order valence-electron chi connectivity index (χ2n) is 4.92. The van der Waals surface area contributed by atoms with Gasteiger partial charge in [-0.15, -0.1) is 11.3 Å². The zero-order valence-corrected chi connectivity index (χ0v) is 13.5. The summed E-state index contributed by atoms with van der Waals surface area (Å²) in [5.74, 6) is 1.38. The van der Waals surface area contributed by atoms with E-state index in [2.05, 4.69) is 23.5 Å². The molecule has 2 aromatic heterocycles. The number of thioether (sulfide) groups is 1. The molecule has 20 heavy (non-hydrogen) atoms. The maximum Gasteiger partial charge on any atom is 0.263 e. The number of carbonyl (C=O) groups excluding carboxylic acids is 1. The molecule has 3 N–H and O–H groups in total. The third-order valence-electron chi connectivity index (χ3n) is 3.11. The number of hydrogen-bond acceptors (Lipinski definition) is 5. The number of nitrogens with one attached hydrogen (secondary N) is 1. The average Bonchev–Trinajstić information content (AvgIpc) is 2.75. The van der Waals surface area contributed by atoms with Gasteiger partial charge >= 0.3 is 0 Å². The first-order chi connectivity index (χ1) is 9.54. The van der Waals surface area contributed by atoms with Gasteiger partial charge in [0.2, 0.25) is 0 Å². The Hall–Kier alpha value is -1.27. The molecule has 0 saturated carbocycles. The highest BCUT2D eigenvalue weighted by Crippen LogP contribution is 2.34. The van der Waals surface area contributed by atoms with Crippen LogP contribution in [0.4, 0.5) is 5.69 Å². The van der Waals surface area contributed by atoms with E-state index in [1.807, 2.05) is 13.0 Å². The Morgan fingerprint density at radius 3 is 3.00 bits per heavy atom. The van der Waals surface area contributed by atoms with E-state index < -0.39 is 0 Å². The second kappa shape index (κ2) is 6.45. The first-order valence-corrected chi connectivity index (χ1v) is 8.66. The molecule has 0 spiro atoms. The van der Waals surface area contributed by atoms with Crippen LogP contribution in [-0.4, -0.2) is 29.4 Å². The van der Waals surface area contributed by atoms with Gasteiger partial charge in [-0.05, 0) is 36.5 Å². The fraction of sp³-hybridized carbons (Fsp3) is 0.429. The summed E-state index contributed by atoms with van der Waals surface area (Å²) in [5, 5.41) is 3.86. The van der Waals surface area contributed by atoms with E-state index >= 15 is 0 Å². The highest BCUT2D eigenvalue weighted by Gasteiger charge is 2.18. The third-order valence-corrected chi connectivity index (χ3v) is 5.12. The van der Waals surface area contributed by atoms with Gasteiger partial charge < -0.3 is 11.1 Å². The van der Waals surface area contributed by atoms with Crippen molar-refractivity contribution in [1.82, 2.24) is 10.3 Å². The summed E-state index contributed by atoms with van der Waals surface area (Å²) in [6, 6.07) is 1.91. The van der Waals surface area contributed by atoms with Crippen LogP contribution < -0.4 is 11.1 Å². The fourth-order valence-electron chi connectivity index (χ4n) is 2.06. The van der Waals surface area contributed by atoms with Crippen LogP contribution >= 0.6 is 23.1 Å². The highest BCUT2D eigenvalue weighted by molar-refractivity contribution is 7.98. The smallest absolute Gasteiger partial charge is 0.263 e. The van der Waals surface area contributed by atoms with Crippen LogP contribution in [0.3, 0.4) is 0 Å². The van der Waals surface area contributed by atoms with Crippen molar-refractivity contribution in [1.29, 1.82) is 0 Å². The summed E-state index contributed by atoms with van der Waals surface area (Å²) in [6.07, 6.45) is 3.81. The van der Waals surface area contributed by atoms with Gasteiger partial charge in [0.05, 0.1) is 5.69 Å². The molecule has 0 aliphatic heterocycles. The van der Waals surface area contributed by atoms with E-state index in [0.717, 1.165) is 21.5 Å². The van der Waals surface area contributed by atoms with Gasteiger partial charge in [0.25, 0.3) is 5.91 Å². The van der Waals surface area contributed by atoms with Crippen LogP contribution in [0.1, 0.15) is 22.2 Å². The lowest BCUT2D eigenvalue weighted by Gasteiger charge is -2.10. The SMILES string of the molecule is CSCC(C)CNC(=O)c1sc2nccc(C)c2c1N. The minimum absolute atomic E-state index is 0.0992. The first kappa shape index (κ1) is 15.1. The lowest BCUT2D eigenvalue weighted by molar-refractivity contribution is 0.0954. The molecule has 0 aliphatic carbocycles. The van der Waals surface area contributed by atoms with Crippen molar-refractivity contribution in [3.05, 3.63) is 22.7 Å². The van der Waals surface area contributed by atoms with Crippen LogP contribution in [0.2, 0.25) is 0 Å². The van der Waals surface area contributed by atoms with E-state index in [1.54, 1.807) is 18.0 Å². The van der Waals surface area contributed by atoms with Crippen molar-refractivity contribution >= 4 is 44.9 Å². The Kier molecular flexibility index (Phi) is 4.88. The van der Waals surface area contributed by atoms with Gasteiger partial charge in [0.15, 0.2) is 0 Å². The number of aromatic nitrogens is 1. The maximum atomic E-state index is 12.2. The molecule has 0 aromatic carbocycles. The number of nitrogens with zero attached hydrogens (tertiary/aromatic N) is 1. The molecule has 108 valence electrons. The van der Waals surface area contributed by atoms with Crippen molar-refractivity contribution in [2.75, 3.05) is 24.3 Å². The number of pyridine rings is 1. The third kappa shape index (κ3) is 3.07. The number of carbonyl (C=O) groups is 1. The molecular weight excluding hydrogens is 290 g/mol. The number of hydrogen-bond donors (Lipinski definition) is 2. The number of amides is 1. The van der Waals surface area contributed by atoms with Crippen LogP contribution in [0.15, 0.2) is 12.3 Å². The van der Waals surface area contributed by atoms with Crippen molar-refractivity contribution in [2.24, 2.45) is 5.92 Å². The summed E-state index contributed by atoms with van der Waals surface area (Å²) in [6.45, 7) is 4.77. The molecule has 4 nitrogen and oxygen atoms in total. The van der Waals surface area contributed by atoms with E-state index in [0.29, 0.717) is 23.0 Å². The molecular formula is C14H19N3OS2. The largest absolute Gasteiger partial charge is 0.397 e. The zero-order chi connectivity index (χ0) is 14.7. The fourth-order valence-corrected chi connectivity index (χ4v) is 3.81. The van der Waals surface area contributed by atoms with Gasteiger partial charge in [-0.3, -0.25) is 4.79 Å². The minimum Gasteiger partial charge on any atom is -0.397 e. The average molecular weight is 309 g/mol. The minimum atomic E-state index is -0.0992. The monoisotopic (exact) mass is 309 g/mol. The molecule has 2 aromatic rings. The summed E-state index contributed by atoms with van der Waals surface area (Å²) in [7, 11) is 0. The molecule has 0 radical (unpaired) electrons. The molecule has 6 heteroatoms. The maximum absolute atomic E-state index is 12.2. The molecule has 0 saturated heterocycles. The van der Waals surface area contributed by atoms with E-state index in [9.17, 15) is 4.79 Å². The van der Waals surface area contributed by atoms with Gasteiger partial charge in [-0.25, -0.2) is 4.98 Å². The van der Waals surface area contributed by atoms with Crippen LogP contribution in [-0.2, 0) is 0 Å². The molecule has 1 amide bonds. The van der Waals surface area contributed by atoms with E-state index in [4.69, 9.17) is 5.73 Å². The molecule has 0 bridgehead atoms.